The zero-order valence-electron chi connectivity index (χ0n) is 17.9. The maximum atomic E-state index is 11.0. The molecule has 0 amide bonds. The number of allylic oxidation sites excluding steroid dienone is 2. The molecule has 2 aromatic rings. The Balaban J connectivity index is 1.98. The molecule has 0 radical (unpaired) electrons. The van der Waals surface area contributed by atoms with E-state index in [-0.39, 0.29) is 11.3 Å². The van der Waals surface area contributed by atoms with Crippen LogP contribution >= 0.6 is 0 Å². The minimum absolute atomic E-state index is 0.109. The number of fused-ring (bicyclic) bond motifs is 1. The molecule has 28 heavy (non-hydrogen) atoms. The van der Waals surface area contributed by atoms with Gasteiger partial charge in [0.2, 0.25) is 0 Å². The third-order valence-corrected chi connectivity index (χ3v) is 7.41. The van der Waals surface area contributed by atoms with E-state index in [1.807, 2.05) is 26.0 Å². The molecule has 3 aliphatic rings. The molecule has 2 atom stereocenters. The predicted molar refractivity (Wildman–Crippen MR) is 115 cm³/mol. The van der Waals surface area contributed by atoms with Crippen LogP contribution in [0, 0.1) is 44.9 Å². The summed E-state index contributed by atoms with van der Waals surface area (Å²) < 4.78 is 0. The molecule has 0 heterocycles. The predicted octanol–water partition coefficient (Wildman–Crippen LogP) is 6.46. The van der Waals surface area contributed by atoms with Gasteiger partial charge in [0.1, 0.15) is 11.5 Å². The van der Waals surface area contributed by atoms with Crippen molar-refractivity contribution in [3.05, 3.63) is 69.3 Å². The molecule has 1 fully saturated rings. The van der Waals surface area contributed by atoms with Crippen molar-refractivity contribution in [3.63, 3.8) is 0 Å². The summed E-state index contributed by atoms with van der Waals surface area (Å²) in [6.45, 7) is 12.8. The molecule has 2 aromatic carbocycles. The highest BCUT2D eigenvalue weighted by atomic mass is 16.3. The van der Waals surface area contributed by atoms with Crippen LogP contribution in [0.2, 0.25) is 0 Å². The number of benzene rings is 2. The van der Waals surface area contributed by atoms with E-state index in [9.17, 15) is 10.2 Å². The summed E-state index contributed by atoms with van der Waals surface area (Å²) in [5.74, 6) is 1.85. The van der Waals surface area contributed by atoms with Crippen LogP contribution in [0.25, 0.3) is 0 Å². The molecule has 2 heteroatoms. The fraction of sp³-hybridized carbons (Fsp3) is 0.462. The van der Waals surface area contributed by atoms with Crippen LogP contribution in [0.1, 0.15) is 66.0 Å². The lowest BCUT2D eigenvalue weighted by Crippen LogP contribution is -2.49. The molecule has 2 unspecified atom stereocenters. The maximum absolute atomic E-state index is 11.0. The topological polar surface area (TPSA) is 40.5 Å². The average Bonchev–Trinajstić information content (AvgIpc) is 2.63. The molecule has 2 bridgehead atoms. The van der Waals surface area contributed by atoms with Gasteiger partial charge in [-0.25, -0.2) is 0 Å². The fourth-order valence-corrected chi connectivity index (χ4v) is 5.67. The second kappa shape index (κ2) is 6.40. The maximum Gasteiger partial charge on any atom is 0.122 e. The van der Waals surface area contributed by atoms with Crippen LogP contribution < -0.4 is 0 Å². The van der Waals surface area contributed by atoms with Gasteiger partial charge in [-0.15, -0.1) is 0 Å². The largest absolute Gasteiger partial charge is 0.507 e. The summed E-state index contributed by atoms with van der Waals surface area (Å²) in [6.07, 6.45) is 4.70. The van der Waals surface area contributed by atoms with Gasteiger partial charge in [0.25, 0.3) is 0 Å². The van der Waals surface area contributed by atoms with Crippen molar-refractivity contribution in [1.82, 2.24) is 0 Å². The van der Waals surface area contributed by atoms with E-state index in [1.54, 1.807) is 0 Å². The van der Waals surface area contributed by atoms with Crippen molar-refractivity contribution < 1.29 is 10.2 Å². The van der Waals surface area contributed by atoms with Gasteiger partial charge in [-0.05, 0) is 68.9 Å². The summed E-state index contributed by atoms with van der Waals surface area (Å²) in [5.41, 5.74) is 7.56. The summed E-state index contributed by atoms with van der Waals surface area (Å²) in [4.78, 5) is 0. The van der Waals surface area contributed by atoms with E-state index >= 15 is 0 Å². The number of hydrogen-bond acceptors (Lipinski definition) is 2. The molecule has 2 N–H and O–H groups in total. The second-order valence-electron chi connectivity index (χ2n) is 9.72. The van der Waals surface area contributed by atoms with Crippen molar-refractivity contribution in [2.24, 2.45) is 17.3 Å². The van der Waals surface area contributed by atoms with Gasteiger partial charge in [-0.2, -0.15) is 0 Å². The Morgan fingerprint density at radius 1 is 0.857 bits per heavy atom. The zero-order chi connectivity index (χ0) is 20.4. The number of phenolic OH excluding ortho intramolecular Hbond substituents is 2. The van der Waals surface area contributed by atoms with Gasteiger partial charge in [0.05, 0.1) is 0 Å². The third kappa shape index (κ3) is 2.77. The van der Waals surface area contributed by atoms with E-state index in [0.717, 1.165) is 45.7 Å². The van der Waals surface area contributed by atoms with Gasteiger partial charge in [-0.1, -0.05) is 60.9 Å². The minimum Gasteiger partial charge on any atom is -0.507 e. The van der Waals surface area contributed by atoms with E-state index in [2.05, 4.69) is 45.9 Å². The van der Waals surface area contributed by atoms with Gasteiger partial charge >= 0.3 is 0 Å². The van der Waals surface area contributed by atoms with Crippen LogP contribution in [-0.4, -0.2) is 10.2 Å². The highest BCUT2D eigenvalue weighted by Crippen LogP contribution is 2.63. The Kier molecular flexibility index (Phi) is 4.37. The lowest BCUT2D eigenvalue weighted by Gasteiger charge is -2.57. The van der Waals surface area contributed by atoms with Crippen LogP contribution in [0.4, 0.5) is 0 Å². The van der Waals surface area contributed by atoms with Gasteiger partial charge in [0, 0.05) is 17.0 Å². The minimum atomic E-state index is -0.109. The van der Waals surface area contributed by atoms with E-state index in [1.165, 1.54) is 12.0 Å². The number of rotatable bonds is 3. The lowest BCUT2D eigenvalue weighted by atomic mass is 9.47. The molecule has 0 spiro atoms. The van der Waals surface area contributed by atoms with E-state index < -0.39 is 0 Å². The number of phenols is 2. The normalized spacial score (nSPS) is 22.8. The number of hydrogen-bond donors (Lipinski definition) is 2. The van der Waals surface area contributed by atoms with Gasteiger partial charge < -0.3 is 10.2 Å². The summed E-state index contributed by atoms with van der Waals surface area (Å²) in [7, 11) is 0. The average molecular weight is 377 g/mol. The molecule has 0 aromatic heterocycles. The van der Waals surface area contributed by atoms with Gasteiger partial charge in [0.15, 0.2) is 0 Å². The molecular weight excluding hydrogens is 344 g/mol. The third-order valence-electron chi connectivity index (χ3n) is 7.41. The van der Waals surface area contributed by atoms with Crippen molar-refractivity contribution in [2.75, 3.05) is 0 Å². The van der Waals surface area contributed by atoms with Crippen molar-refractivity contribution >= 4 is 0 Å². The Morgan fingerprint density at radius 3 is 1.79 bits per heavy atom. The highest BCUT2D eigenvalue weighted by Gasteiger charge is 2.53. The Labute approximate surface area is 168 Å². The molecule has 1 saturated carbocycles. The second-order valence-corrected chi connectivity index (χ2v) is 9.72. The van der Waals surface area contributed by atoms with Crippen LogP contribution in [0.15, 0.2) is 35.9 Å². The lowest BCUT2D eigenvalue weighted by molar-refractivity contribution is -0.00901. The summed E-state index contributed by atoms with van der Waals surface area (Å²) in [5, 5.41) is 22.1. The Morgan fingerprint density at radius 2 is 1.36 bits per heavy atom. The van der Waals surface area contributed by atoms with Crippen LogP contribution in [0.3, 0.4) is 0 Å². The van der Waals surface area contributed by atoms with Crippen LogP contribution in [0.5, 0.6) is 11.5 Å². The number of aromatic hydroxyl groups is 2. The highest BCUT2D eigenvalue weighted by molar-refractivity contribution is 5.58. The molecule has 3 aliphatic carbocycles. The quantitative estimate of drug-likeness (QED) is 0.604. The molecular formula is C26H32O2. The molecule has 2 nitrogen and oxygen atoms in total. The van der Waals surface area contributed by atoms with Crippen LogP contribution in [-0.2, 0) is 0 Å². The van der Waals surface area contributed by atoms with Crippen molar-refractivity contribution in [2.45, 2.75) is 60.3 Å². The monoisotopic (exact) mass is 376 g/mol. The van der Waals surface area contributed by atoms with Crippen molar-refractivity contribution in [1.29, 1.82) is 0 Å². The molecule has 5 rings (SSSR count). The number of aryl methyl sites for hydroxylation is 4. The molecule has 0 saturated heterocycles. The van der Waals surface area contributed by atoms with Gasteiger partial charge in [-0.3, -0.25) is 0 Å². The summed E-state index contributed by atoms with van der Waals surface area (Å²) >= 11 is 0. The van der Waals surface area contributed by atoms with Crippen molar-refractivity contribution in [3.8, 4) is 11.5 Å². The van der Waals surface area contributed by atoms with E-state index in [4.69, 9.17) is 0 Å². The smallest absolute Gasteiger partial charge is 0.122 e. The first-order valence-electron chi connectivity index (χ1n) is 10.4. The first-order chi connectivity index (χ1) is 13.1. The fourth-order valence-electron chi connectivity index (χ4n) is 5.67. The van der Waals surface area contributed by atoms with E-state index in [0.29, 0.717) is 17.4 Å². The first kappa shape index (κ1) is 19.1. The first-order valence-corrected chi connectivity index (χ1v) is 10.4. The standard InChI is InChI=1S/C26H32O2/c1-14-9-16(3)24(27)20(11-14)23(21-12-15(2)10-17(4)25(21)28)19-8-7-18-13-22(19)26(18,5)6/h8-12,18,22-23,27-28H,7,13H2,1-6H3. The summed E-state index contributed by atoms with van der Waals surface area (Å²) in [6, 6.07) is 8.25. The SMILES string of the molecule is Cc1cc(C)c(O)c(C(C2=CCC3CC2C3(C)C)c2cc(C)cc(C)c2O)c1. The molecule has 148 valence electrons. The Bertz CT molecular complexity index is 923. The Hall–Kier alpha value is -2.22. The molecule has 0 aliphatic heterocycles. The zero-order valence-corrected chi connectivity index (χ0v) is 17.9.